The molecular formula is C17H26N4O2. The number of hydrogen-bond donors (Lipinski definition) is 1. The zero-order chi connectivity index (χ0) is 16.8. The van der Waals surface area contributed by atoms with Crippen molar-refractivity contribution in [2.24, 2.45) is 0 Å². The Morgan fingerprint density at radius 2 is 1.78 bits per heavy atom. The summed E-state index contributed by atoms with van der Waals surface area (Å²) in [6, 6.07) is 8.37. The number of likely N-dealkylation sites (N-methyl/N-ethyl adjacent to an activating group) is 1. The average molecular weight is 318 g/mol. The second-order valence-corrected chi connectivity index (χ2v) is 6.11. The number of aryl methyl sites for hydroxylation is 1. The zero-order valence-corrected chi connectivity index (χ0v) is 14.2. The summed E-state index contributed by atoms with van der Waals surface area (Å²) in [7, 11) is 3.36. The first-order valence-corrected chi connectivity index (χ1v) is 7.97. The van der Waals surface area contributed by atoms with Gasteiger partial charge in [-0.1, -0.05) is 18.2 Å². The number of benzene rings is 1. The lowest BCUT2D eigenvalue weighted by molar-refractivity contribution is -0.131. The van der Waals surface area contributed by atoms with Gasteiger partial charge in [0.2, 0.25) is 11.8 Å². The molecule has 126 valence electrons. The van der Waals surface area contributed by atoms with Crippen molar-refractivity contribution in [2.75, 3.05) is 58.3 Å². The van der Waals surface area contributed by atoms with Gasteiger partial charge in [-0.3, -0.25) is 14.5 Å². The van der Waals surface area contributed by atoms with Gasteiger partial charge in [-0.15, -0.1) is 0 Å². The monoisotopic (exact) mass is 318 g/mol. The van der Waals surface area contributed by atoms with Crippen molar-refractivity contribution in [3.8, 4) is 0 Å². The molecule has 1 heterocycles. The molecule has 1 N–H and O–H groups in total. The Balaban J connectivity index is 1.75. The fourth-order valence-corrected chi connectivity index (χ4v) is 2.66. The van der Waals surface area contributed by atoms with Gasteiger partial charge in [0, 0.05) is 46.0 Å². The molecule has 1 saturated heterocycles. The Morgan fingerprint density at radius 3 is 2.39 bits per heavy atom. The molecule has 2 amide bonds. The number of piperazine rings is 1. The van der Waals surface area contributed by atoms with Crippen LogP contribution < -0.4 is 10.2 Å². The molecule has 0 spiro atoms. The van der Waals surface area contributed by atoms with Gasteiger partial charge in [0.1, 0.15) is 0 Å². The van der Waals surface area contributed by atoms with Crippen LogP contribution in [0.2, 0.25) is 0 Å². The second kappa shape index (κ2) is 7.97. The number of amides is 2. The first-order valence-electron chi connectivity index (χ1n) is 7.97. The van der Waals surface area contributed by atoms with E-state index in [1.54, 1.807) is 14.1 Å². The normalized spacial score (nSPS) is 15.3. The molecule has 2 rings (SSSR count). The Labute approximate surface area is 138 Å². The van der Waals surface area contributed by atoms with Gasteiger partial charge in [-0.2, -0.15) is 0 Å². The predicted molar refractivity (Wildman–Crippen MR) is 91.5 cm³/mol. The third-order valence-electron chi connectivity index (χ3n) is 4.13. The van der Waals surface area contributed by atoms with Gasteiger partial charge in [0.25, 0.3) is 0 Å². The van der Waals surface area contributed by atoms with Gasteiger partial charge in [-0.25, -0.2) is 0 Å². The minimum atomic E-state index is -0.0947. The molecule has 1 aromatic carbocycles. The van der Waals surface area contributed by atoms with Gasteiger partial charge in [0.15, 0.2) is 0 Å². The fraction of sp³-hybridized carbons (Fsp3) is 0.529. The van der Waals surface area contributed by atoms with Crippen molar-refractivity contribution in [3.63, 3.8) is 0 Å². The Kier molecular flexibility index (Phi) is 5.98. The topological polar surface area (TPSA) is 55.9 Å². The van der Waals surface area contributed by atoms with Crippen molar-refractivity contribution in [2.45, 2.75) is 6.92 Å². The quantitative estimate of drug-likeness (QED) is 0.850. The minimum absolute atomic E-state index is 0.0645. The molecule has 1 aliphatic rings. The maximum Gasteiger partial charge on any atom is 0.241 e. The summed E-state index contributed by atoms with van der Waals surface area (Å²) in [4.78, 5) is 29.3. The summed E-state index contributed by atoms with van der Waals surface area (Å²) in [6.45, 7) is 6.06. The average Bonchev–Trinajstić information content (AvgIpc) is 2.54. The molecule has 0 aromatic heterocycles. The summed E-state index contributed by atoms with van der Waals surface area (Å²) in [5.74, 6) is -0.188. The number of hydrogen-bond acceptors (Lipinski definition) is 4. The summed E-state index contributed by atoms with van der Waals surface area (Å²) < 4.78 is 0. The van der Waals surface area contributed by atoms with Gasteiger partial charge in [0.05, 0.1) is 13.1 Å². The molecule has 0 aliphatic carbocycles. The van der Waals surface area contributed by atoms with Crippen LogP contribution in [0.1, 0.15) is 5.56 Å². The molecule has 0 unspecified atom stereocenters. The summed E-state index contributed by atoms with van der Waals surface area (Å²) in [5.41, 5.74) is 2.55. The number of carbonyl (C=O) groups excluding carboxylic acids is 2. The van der Waals surface area contributed by atoms with Crippen LogP contribution >= 0.6 is 0 Å². The fourth-order valence-electron chi connectivity index (χ4n) is 2.66. The highest BCUT2D eigenvalue weighted by Crippen LogP contribution is 2.20. The van der Waals surface area contributed by atoms with Crippen molar-refractivity contribution in [3.05, 3.63) is 29.8 Å². The molecule has 0 bridgehead atoms. The number of anilines is 1. The largest absolute Gasteiger partial charge is 0.369 e. The van der Waals surface area contributed by atoms with E-state index >= 15 is 0 Å². The van der Waals surface area contributed by atoms with Crippen LogP contribution in [-0.2, 0) is 9.59 Å². The van der Waals surface area contributed by atoms with E-state index in [1.807, 2.05) is 0 Å². The molecule has 6 heteroatoms. The first kappa shape index (κ1) is 17.3. The van der Waals surface area contributed by atoms with E-state index in [2.05, 4.69) is 46.3 Å². The highest BCUT2D eigenvalue weighted by molar-refractivity contribution is 5.85. The highest BCUT2D eigenvalue weighted by Gasteiger charge is 2.20. The standard InChI is InChI=1S/C17H26N4O2/c1-14-6-4-5-7-15(14)21-10-8-20(9-11-21)13-16(22)18-12-17(23)19(2)3/h4-7H,8-13H2,1-3H3,(H,18,22). The van der Waals surface area contributed by atoms with Crippen LogP contribution in [0.4, 0.5) is 5.69 Å². The molecule has 1 aromatic rings. The smallest absolute Gasteiger partial charge is 0.241 e. The lowest BCUT2D eigenvalue weighted by Crippen LogP contribution is -2.50. The lowest BCUT2D eigenvalue weighted by Gasteiger charge is -2.36. The van der Waals surface area contributed by atoms with Gasteiger partial charge in [-0.05, 0) is 18.6 Å². The molecule has 23 heavy (non-hydrogen) atoms. The molecule has 0 radical (unpaired) electrons. The summed E-state index contributed by atoms with van der Waals surface area (Å²) >= 11 is 0. The summed E-state index contributed by atoms with van der Waals surface area (Å²) in [6.07, 6.45) is 0. The first-order chi connectivity index (χ1) is 11.0. The number of carbonyl (C=O) groups is 2. The van der Waals surface area contributed by atoms with Crippen molar-refractivity contribution in [1.29, 1.82) is 0 Å². The number of rotatable bonds is 5. The lowest BCUT2D eigenvalue weighted by atomic mass is 10.1. The van der Waals surface area contributed by atoms with Crippen LogP contribution in [0.5, 0.6) is 0 Å². The highest BCUT2D eigenvalue weighted by atomic mass is 16.2. The van der Waals surface area contributed by atoms with E-state index in [4.69, 9.17) is 0 Å². The second-order valence-electron chi connectivity index (χ2n) is 6.11. The SMILES string of the molecule is Cc1ccccc1N1CCN(CC(=O)NCC(=O)N(C)C)CC1. The van der Waals surface area contributed by atoms with Crippen molar-refractivity contribution < 1.29 is 9.59 Å². The maximum absolute atomic E-state index is 11.9. The number of nitrogens with one attached hydrogen (secondary N) is 1. The molecule has 0 saturated carbocycles. The number of nitrogens with zero attached hydrogens (tertiary/aromatic N) is 3. The van der Waals surface area contributed by atoms with Crippen LogP contribution in [0.3, 0.4) is 0 Å². The van der Waals surface area contributed by atoms with Gasteiger partial charge < -0.3 is 15.1 Å². The van der Waals surface area contributed by atoms with E-state index in [9.17, 15) is 9.59 Å². The molecule has 0 atom stereocenters. The summed E-state index contributed by atoms with van der Waals surface area (Å²) in [5, 5.41) is 2.68. The Hall–Kier alpha value is -2.08. The van der Waals surface area contributed by atoms with E-state index in [1.165, 1.54) is 16.2 Å². The Morgan fingerprint density at radius 1 is 1.13 bits per heavy atom. The van der Waals surface area contributed by atoms with Crippen LogP contribution in [-0.4, -0.2) is 75.0 Å². The van der Waals surface area contributed by atoms with Crippen molar-refractivity contribution in [1.82, 2.24) is 15.1 Å². The van der Waals surface area contributed by atoms with Crippen LogP contribution in [0.25, 0.3) is 0 Å². The van der Waals surface area contributed by atoms with Crippen LogP contribution in [0.15, 0.2) is 24.3 Å². The van der Waals surface area contributed by atoms with E-state index in [0.29, 0.717) is 6.54 Å². The predicted octanol–water partition coefficient (Wildman–Crippen LogP) is 0.321. The molecular weight excluding hydrogens is 292 g/mol. The third-order valence-corrected chi connectivity index (χ3v) is 4.13. The number of para-hydroxylation sites is 1. The zero-order valence-electron chi connectivity index (χ0n) is 14.2. The molecule has 1 fully saturated rings. The maximum atomic E-state index is 11.9. The van der Waals surface area contributed by atoms with Crippen LogP contribution in [0, 0.1) is 6.92 Å². The molecule has 1 aliphatic heterocycles. The Bertz CT molecular complexity index is 551. The van der Waals surface area contributed by atoms with E-state index in [-0.39, 0.29) is 18.4 Å². The minimum Gasteiger partial charge on any atom is -0.369 e. The third kappa shape index (κ3) is 4.96. The van der Waals surface area contributed by atoms with E-state index in [0.717, 1.165) is 26.2 Å². The van der Waals surface area contributed by atoms with E-state index < -0.39 is 0 Å². The van der Waals surface area contributed by atoms with Gasteiger partial charge >= 0.3 is 0 Å². The molecule has 6 nitrogen and oxygen atoms in total. The van der Waals surface area contributed by atoms with Crippen molar-refractivity contribution >= 4 is 17.5 Å².